The average Bonchev–Trinajstić information content (AvgIpc) is 3.09. The smallest absolute Gasteiger partial charge is 0.341 e. The number of halogens is 1. The fourth-order valence-electron chi connectivity index (χ4n) is 4.35. The second-order valence-electron chi connectivity index (χ2n) is 8.07. The number of ether oxygens (including phenoxy) is 1. The summed E-state index contributed by atoms with van der Waals surface area (Å²) in [6.07, 6.45) is 6.68. The Kier molecular flexibility index (Phi) is 4.70. The number of anilines is 1. The van der Waals surface area contributed by atoms with Crippen molar-refractivity contribution in [3.8, 4) is 11.1 Å². The maximum absolute atomic E-state index is 13.9. The second kappa shape index (κ2) is 7.45. The van der Waals surface area contributed by atoms with Gasteiger partial charge in [-0.05, 0) is 37.8 Å². The summed E-state index contributed by atoms with van der Waals surface area (Å²) in [5.74, 6) is -1.47. The van der Waals surface area contributed by atoms with E-state index in [9.17, 15) is 19.1 Å². The number of nitrogens with one attached hydrogen (secondary N) is 1. The predicted molar refractivity (Wildman–Crippen MR) is 111 cm³/mol. The SMILES string of the molecule is O=C1O[C@]2(CC[C@@](O)(C(=O)Nc3ncc(-c4ccccc4F)cn3)CC2)c2ccncc21. The van der Waals surface area contributed by atoms with Crippen LogP contribution in [-0.2, 0) is 15.1 Å². The van der Waals surface area contributed by atoms with Crippen LogP contribution in [0.5, 0.6) is 0 Å². The van der Waals surface area contributed by atoms with E-state index < -0.39 is 28.9 Å². The number of carbonyl (C=O) groups is 2. The summed E-state index contributed by atoms with van der Waals surface area (Å²) in [6, 6.07) is 7.99. The van der Waals surface area contributed by atoms with Crippen LogP contribution in [0.4, 0.5) is 10.3 Å². The fraction of sp³-hybridized carbons (Fsp3) is 0.261. The Hall–Kier alpha value is -3.72. The molecule has 2 N–H and O–H groups in total. The largest absolute Gasteiger partial charge is 0.450 e. The number of benzene rings is 1. The summed E-state index contributed by atoms with van der Waals surface area (Å²) >= 11 is 0. The molecule has 3 heterocycles. The molecule has 0 saturated heterocycles. The highest BCUT2D eigenvalue weighted by atomic mass is 19.1. The van der Waals surface area contributed by atoms with Gasteiger partial charge in [0.2, 0.25) is 5.95 Å². The van der Waals surface area contributed by atoms with E-state index in [1.165, 1.54) is 24.7 Å². The lowest BCUT2D eigenvalue weighted by Gasteiger charge is -2.40. The lowest BCUT2D eigenvalue weighted by molar-refractivity contribution is -0.144. The molecular formula is C23H19FN4O4. The van der Waals surface area contributed by atoms with Crippen molar-refractivity contribution < 1.29 is 23.8 Å². The van der Waals surface area contributed by atoms with Gasteiger partial charge in [0.15, 0.2) is 0 Å². The summed E-state index contributed by atoms with van der Waals surface area (Å²) in [5.41, 5.74) is -0.516. The quantitative estimate of drug-likeness (QED) is 0.609. The minimum atomic E-state index is -1.65. The second-order valence-corrected chi connectivity index (χ2v) is 8.07. The molecule has 0 radical (unpaired) electrons. The molecule has 0 bridgehead atoms. The van der Waals surface area contributed by atoms with Crippen molar-refractivity contribution >= 4 is 17.8 Å². The Morgan fingerprint density at radius 2 is 1.75 bits per heavy atom. The first-order valence-electron chi connectivity index (χ1n) is 10.2. The molecule has 8 nitrogen and oxygen atoms in total. The zero-order valence-electron chi connectivity index (χ0n) is 16.9. The number of fused-ring (bicyclic) bond motifs is 2. The molecule has 9 heteroatoms. The van der Waals surface area contributed by atoms with Gasteiger partial charge in [-0.15, -0.1) is 0 Å². The van der Waals surface area contributed by atoms with E-state index in [0.29, 0.717) is 29.5 Å². The summed E-state index contributed by atoms with van der Waals surface area (Å²) < 4.78 is 19.6. The van der Waals surface area contributed by atoms with Crippen LogP contribution in [0.25, 0.3) is 11.1 Å². The number of esters is 1. The maximum Gasteiger partial charge on any atom is 0.341 e. The molecule has 1 spiro atoms. The molecular weight excluding hydrogens is 415 g/mol. The Morgan fingerprint density at radius 3 is 2.47 bits per heavy atom. The zero-order chi connectivity index (χ0) is 22.3. The van der Waals surface area contributed by atoms with E-state index in [-0.39, 0.29) is 18.8 Å². The average molecular weight is 434 g/mol. The Morgan fingerprint density at radius 1 is 1.03 bits per heavy atom. The fourth-order valence-corrected chi connectivity index (χ4v) is 4.35. The van der Waals surface area contributed by atoms with Crippen molar-refractivity contribution in [1.82, 2.24) is 15.0 Å². The van der Waals surface area contributed by atoms with Gasteiger partial charge >= 0.3 is 5.97 Å². The Balaban J connectivity index is 1.28. The molecule has 1 aliphatic heterocycles. The van der Waals surface area contributed by atoms with Crippen LogP contribution in [0, 0.1) is 5.82 Å². The molecule has 2 aromatic heterocycles. The highest BCUT2D eigenvalue weighted by Crippen LogP contribution is 2.49. The number of amides is 1. The molecule has 2 aliphatic rings. The number of pyridine rings is 1. The number of hydrogen-bond donors (Lipinski definition) is 2. The third-order valence-electron chi connectivity index (χ3n) is 6.19. The van der Waals surface area contributed by atoms with Gasteiger partial charge in [0.05, 0.1) is 5.56 Å². The number of hydrogen-bond acceptors (Lipinski definition) is 7. The summed E-state index contributed by atoms with van der Waals surface area (Å²) in [7, 11) is 0. The van der Waals surface area contributed by atoms with Crippen LogP contribution >= 0.6 is 0 Å². The Labute approximate surface area is 182 Å². The van der Waals surface area contributed by atoms with Crippen molar-refractivity contribution in [3.05, 3.63) is 72.1 Å². The normalized spacial score (nSPS) is 24.1. The highest BCUT2D eigenvalue weighted by Gasteiger charge is 2.53. The van der Waals surface area contributed by atoms with Gasteiger partial charge in [-0.1, -0.05) is 18.2 Å². The lowest BCUT2D eigenvalue weighted by atomic mass is 9.72. The molecule has 1 amide bonds. The van der Waals surface area contributed by atoms with Gasteiger partial charge in [0.25, 0.3) is 5.91 Å². The van der Waals surface area contributed by atoms with Gasteiger partial charge in [-0.2, -0.15) is 0 Å². The zero-order valence-corrected chi connectivity index (χ0v) is 16.9. The van der Waals surface area contributed by atoms with Crippen LogP contribution in [0.15, 0.2) is 55.1 Å². The van der Waals surface area contributed by atoms with Crippen molar-refractivity contribution in [1.29, 1.82) is 0 Å². The van der Waals surface area contributed by atoms with Crippen molar-refractivity contribution in [2.45, 2.75) is 36.9 Å². The van der Waals surface area contributed by atoms with E-state index in [1.54, 1.807) is 30.5 Å². The molecule has 32 heavy (non-hydrogen) atoms. The monoisotopic (exact) mass is 434 g/mol. The van der Waals surface area contributed by atoms with Crippen molar-refractivity contribution in [2.24, 2.45) is 0 Å². The standard InChI is InChI=1S/C23H19FN4O4/c24-18-4-2-1-3-15(18)14-11-26-21(27-12-14)28-20(30)22(31)6-8-23(9-7-22)17-5-10-25-13-16(17)19(29)32-23/h1-5,10-13,31H,6-9H2,(H,26,27,28,30)/t22-,23-. The first-order valence-corrected chi connectivity index (χ1v) is 10.2. The van der Waals surface area contributed by atoms with Gasteiger partial charge in [-0.3, -0.25) is 15.1 Å². The van der Waals surface area contributed by atoms with Crippen molar-refractivity contribution in [3.63, 3.8) is 0 Å². The number of aromatic nitrogens is 3. The molecule has 5 rings (SSSR count). The third-order valence-corrected chi connectivity index (χ3v) is 6.19. The van der Waals surface area contributed by atoms with E-state index >= 15 is 0 Å². The molecule has 3 aromatic rings. The third kappa shape index (κ3) is 3.31. The molecule has 1 aliphatic carbocycles. The molecule has 1 aromatic carbocycles. The van der Waals surface area contributed by atoms with Gasteiger partial charge in [0, 0.05) is 41.5 Å². The van der Waals surface area contributed by atoms with Crippen molar-refractivity contribution in [2.75, 3.05) is 5.32 Å². The first kappa shape index (κ1) is 20.2. The molecule has 0 unspecified atom stereocenters. The van der Waals surface area contributed by atoms with Crippen LogP contribution in [0.3, 0.4) is 0 Å². The number of carbonyl (C=O) groups excluding carboxylic acids is 2. The molecule has 1 fully saturated rings. The van der Waals surface area contributed by atoms with Gasteiger partial charge in [-0.25, -0.2) is 19.2 Å². The molecule has 1 saturated carbocycles. The van der Waals surface area contributed by atoms with Gasteiger partial charge < -0.3 is 9.84 Å². The van der Waals surface area contributed by atoms with E-state index in [2.05, 4.69) is 20.3 Å². The van der Waals surface area contributed by atoms with Gasteiger partial charge in [0.1, 0.15) is 17.0 Å². The molecule has 162 valence electrons. The van der Waals surface area contributed by atoms with E-state index in [4.69, 9.17) is 4.74 Å². The van der Waals surface area contributed by atoms with E-state index in [1.807, 2.05) is 0 Å². The van der Waals surface area contributed by atoms with Crippen LogP contribution in [-0.4, -0.2) is 37.5 Å². The summed E-state index contributed by atoms with van der Waals surface area (Å²) in [4.78, 5) is 37.1. The number of nitrogens with zero attached hydrogens (tertiary/aromatic N) is 3. The minimum absolute atomic E-state index is 0.00696. The molecule has 0 atom stereocenters. The topological polar surface area (TPSA) is 114 Å². The van der Waals surface area contributed by atoms with Crippen LogP contribution in [0.1, 0.15) is 41.6 Å². The van der Waals surface area contributed by atoms with E-state index in [0.717, 1.165) is 5.56 Å². The Bertz CT molecular complexity index is 1210. The minimum Gasteiger partial charge on any atom is -0.450 e. The van der Waals surface area contributed by atoms with Crippen LogP contribution in [0.2, 0.25) is 0 Å². The predicted octanol–water partition coefficient (Wildman–Crippen LogP) is 2.99. The number of rotatable bonds is 3. The summed E-state index contributed by atoms with van der Waals surface area (Å²) in [6.45, 7) is 0. The lowest BCUT2D eigenvalue weighted by Crippen LogP contribution is -2.49. The summed E-state index contributed by atoms with van der Waals surface area (Å²) in [5, 5.41) is 13.5. The maximum atomic E-state index is 13.9. The first-order chi connectivity index (χ1) is 15.4. The van der Waals surface area contributed by atoms with Crippen LogP contribution < -0.4 is 5.32 Å². The number of aliphatic hydroxyl groups is 1. The highest BCUT2D eigenvalue weighted by molar-refractivity contribution is 5.96.